The first-order valence-electron chi connectivity index (χ1n) is 7.61. The number of hydrogen-bond donors (Lipinski definition) is 1. The number of aliphatic carboxylic acids is 1. The molecule has 1 N–H and O–H groups in total. The summed E-state index contributed by atoms with van der Waals surface area (Å²) in [5.74, 6) is -0.742. The first kappa shape index (κ1) is 14.6. The molecule has 1 saturated carbocycles. The van der Waals surface area contributed by atoms with E-state index < -0.39 is 12.0 Å². The Bertz CT molecular complexity index is 650. The number of fused-ring (bicyclic) bond motifs is 1. The van der Waals surface area contributed by atoms with Crippen LogP contribution in [0.4, 0.5) is 0 Å². The van der Waals surface area contributed by atoms with Gasteiger partial charge in [0, 0.05) is 12.1 Å². The Morgan fingerprint density at radius 1 is 1.36 bits per heavy atom. The topological polar surface area (TPSA) is 81.4 Å². The monoisotopic (exact) mass is 298 g/mol. The van der Waals surface area contributed by atoms with Gasteiger partial charge in [-0.2, -0.15) is 5.26 Å². The predicted octanol–water partition coefficient (Wildman–Crippen LogP) is 2.08. The SMILES string of the molecule is N#CCc1cccc(C(=O)N2C[C@@H]3CCC[C@H]3[C@@H]2C(=O)O)c1. The number of carboxylic acids is 1. The minimum absolute atomic E-state index is 0.0868. The summed E-state index contributed by atoms with van der Waals surface area (Å²) in [5.41, 5.74) is 1.25. The van der Waals surface area contributed by atoms with Crippen molar-refractivity contribution < 1.29 is 14.7 Å². The van der Waals surface area contributed by atoms with E-state index in [1.54, 1.807) is 24.3 Å². The number of carbonyl (C=O) groups excluding carboxylic acids is 1. The third kappa shape index (κ3) is 2.45. The molecule has 2 aliphatic rings. The third-order valence-electron chi connectivity index (χ3n) is 4.86. The van der Waals surface area contributed by atoms with Gasteiger partial charge in [-0.05, 0) is 42.4 Å². The van der Waals surface area contributed by atoms with Crippen LogP contribution in [0.3, 0.4) is 0 Å². The Balaban J connectivity index is 1.86. The fourth-order valence-electron chi connectivity index (χ4n) is 3.90. The summed E-state index contributed by atoms with van der Waals surface area (Å²) < 4.78 is 0. The first-order chi connectivity index (χ1) is 10.6. The summed E-state index contributed by atoms with van der Waals surface area (Å²) in [6.45, 7) is 0.531. The lowest BCUT2D eigenvalue weighted by Crippen LogP contribution is -2.43. The lowest BCUT2D eigenvalue weighted by molar-refractivity contribution is -0.142. The van der Waals surface area contributed by atoms with E-state index in [1.165, 1.54) is 4.90 Å². The van der Waals surface area contributed by atoms with Crippen LogP contribution in [0.1, 0.15) is 35.2 Å². The van der Waals surface area contributed by atoms with Gasteiger partial charge in [-0.1, -0.05) is 18.6 Å². The van der Waals surface area contributed by atoms with Gasteiger partial charge in [-0.15, -0.1) is 0 Å². The van der Waals surface area contributed by atoms with Gasteiger partial charge in [0.25, 0.3) is 5.91 Å². The molecular formula is C17H18N2O3. The molecule has 2 fully saturated rings. The number of carbonyl (C=O) groups is 2. The van der Waals surface area contributed by atoms with Gasteiger partial charge in [0.1, 0.15) is 6.04 Å². The minimum Gasteiger partial charge on any atom is -0.480 e. The van der Waals surface area contributed by atoms with Crippen molar-refractivity contribution in [3.8, 4) is 6.07 Å². The number of rotatable bonds is 3. The molecule has 1 saturated heterocycles. The summed E-state index contributed by atoms with van der Waals surface area (Å²) in [6.07, 6.45) is 3.19. The van der Waals surface area contributed by atoms with Crippen LogP contribution in [0.15, 0.2) is 24.3 Å². The lowest BCUT2D eigenvalue weighted by Gasteiger charge is -2.24. The second kappa shape index (κ2) is 5.80. The highest BCUT2D eigenvalue weighted by Gasteiger charge is 2.49. The first-order valence-corrected chi connectivity index (χ1v) is 7.61. The summed E-state index contributed by atoms with van der Waals surface area (Å²) in [4.78, 5) is 25.9. The van der Waals surface area contributed by atoms with Crippen molar-refractivity contribution in [3.63, 3.8) is 0 Å². The molecule has 1 aliphatic heterocycles. The fourth-order valence-corrected chi connectivity index (χ4v) is 3.90. The molecule has 1 aromatic carbocycles. The van der Waals surface area contributed by atoms with Crippen LogP contribution in [0, 0.1) is 23.2 Å². The van der Waals surface area contributed by atoms with Crippen molar-refractivity contribution in [1.82, 2.24) is 4.90 Å². The summed E-state index contributed by atoms with van der Waals surface area (Å²) >= 11 is 0. The van der Waals surface area contributed by atoms with Crippen molar-refractivity contribution in [2.24, 2.45) is 11.8 Å². The van der Waals surface area contributed by atoms with Crippen LogP contribution in [0.25, 0.3) is 0 Å². The van der Waals surface area contributed by atoms with E-state index in [0.717, 1.165) is 24.8 Å². The van der Waals surface area contributed by atoms with Gasteiger partial charge in [0.15, 0.2) is 0 Å². The average molecular weight is 298 g/mol. The minimum atomic E-state index is -0.907. The number of nitrogens with zero attached hydrogens (tertiary/aromatic N) is 2. The molecule has 22 heavy (non-hydrogen) atoms. The van der Waals surface area contributed by atoms with Gasteiger partial charge in [-0.3, -0.25) is 4.79 Å². The van der Waals surface area contributed by atoms with E-state index in [-0.39, 0.29) is 18.2 Å². The van der Waals surface area contributed by atoms with Crippen LogP contribution in [-0.2, 0) is 11.2 Å². The van der Waals surface area contributed by atoms with Gasteiger partial charge in [-0.25, -0.2) is 4.79 Å². The van der Waals surface area contributed by atoms with Gasteiger partial charge >= 0.3 is 5.97 Å². The van der Waals surface area contributed by atoms with E-state index in [0.29, 0.717) is 18.0 Å². The van der Waals surface area contributed by atoms with Crippen LogP contribution in [0.2, 0.25) is 0 Å². The van der Waals surface area contributed by atoms with Crippen molar-refractivity contribution in [1.29, 1.82) is 5.26 Å². The van der Waals surface area contributed by atoms with Gasteiger partial charge < -0.3 is 10.0 Å². The highest BCUT2D eigenvalue weighted by Crippen LogP contribution is 2.42. The molecule has 1 heterocycles. The molecule has 3 atom stereocenters. The molecule has 0 unspecified atom stereocenters. The second-order valence-corrected chi connectivity index (χ2v) is 6.13. The number of likely N-dealkylation sites (tertiary alicyclic amines) is 1. The predicted molar refractivity (Wildman–Crippen MR) is 79.1 cm³/mol. The second-order valence-electron chi connectivity index (χ2n) is 6.13. The number of carboxylic acid groups (broad SMARTS) is 1. The summed E-state index contributed by atoms with van der Waals surface area (Å²) in [6, 6.07) is 8.28. The smallest absolute Gasteiger partial charge is 0.326 e. The number of hydrogen-bond acceptors (Lipinski definition) is 3. The molecule has 3 rings (SSSR count). The highest BCUT2D eigenvalue weighted by atomic mass is 16.4. The van der Waals surface area contributed by atoms with Crippen LogP contribution < -0.4 is 0 Å². The zero-order chi connectivity index (χ0) is 15.7. The normalized spacial score (nSPS) is 26.5. The molecule has 114 valence electrons. The molecule has 5 nitrogen and oxygen atoms in total. The zero-order valence-corrected chi connectivity index (χ0v) is 12.2. The zero-order valence-electron chi connectivity index (χ0n) is 12.2. The van der Waals surface area contributed by atoms with Crippen LogP contribution in [0.5, 0.6) is 0 Å². The van der Waals surface area contributed by atoms with Crippen molar-refractivity contribution in [2.45, 2.75) is 31.7 Å². The quantitative estimate of drug-likeness (QED) is 0.926. The Hall–Kier alpha value is -2.35. The fraction of sp³-hybridized carbons (Fsp3) is 0.471. The molecule has 5 heteroatoms. The van der Waals surface area contributed by atoms with Crippen molar-refractivity contribution in [2.75, 3.05) is 6.54 Å². The van der Waals surface area contributed by atoms with Gasteiger partial charge in [0.2, 0.25) is 0 Å². The Morgan fingerprint density at radius 2 is 2.18 bits per heavy atom. The van der Waals surface area contributed by atoms with Crippen LogP contribution in [-0.4, -0.2) is 34.5 Å². The number of amides is 1. The number of nitriles is 1. The largest absolute Gasteiger partial charge is 0.480 e. The maximum Gasteiger partial charge on any atom is 0.326 e. The van der Waals surface area contributed by atoms with E-state index in [1.807, 2.05) is 0 Å². The van der Waals surface area contributed by atoms with E-state index in [2.05, 4.69) is 6.07 Å². The van der Waals surface area contributed by atoms with E-state index in [9.17, 15) is 14.7 Å². The number of benzene rings is 1. The van der Waals surface area contributed by atoms with Crippen molar-refractivity contribution in [3.05, 3.63) is 35.4 Å². The standard InChI is InChI=1S/C17H18N2O3/c18-8-7-11-3-1-4-12(9-11)16(20)19-10-13-5-2-6-14(13)15(19)17(21)22/h1,3-4,9,13-15H,2,5-7,10H2,(H,21,22)/t13-,14+,15+/m0/s1. The molecule has 0 aromatic heterocycles. The van der Waals surface area contributed by atoms with E-state index in [4.69, 9.17) is 5.26 Å². The molecule has 0 radical (unpaired) electrons. The van der Waals surface area contributed by atoms with E-state index >= 15 is 0 Å². The summed E-state index contributed by atoms with van der Waals surface area (Å²) in [7, 11) is 0. The average Bonchev–Trinajstić information content (AvgIpc) is 3.07. The Morgan fingerprint density at radius 3 is 2.91 bits per heavy atom. The summed E-state index contributed by atoms with van der Waals surface area (Å²) in [5, 5.41) is 18.3. The Kier molecular flexibility index (Phi) is 3.84. The molecular weight excluding hydrogens is 280 g/mol. The van der Waals surface area contributed by atoms with Crippen LogP contribution >= 0.6 is 0 Å². The maximum absolute atomic E-state index is 12.7. The highest BCUT2D eigenvalue weighted by molar-refractivity contribution is 5.97. The third-order valence-corrected chi connectivity index (χ3v) is 4.86. The molecule has 1 amide bonds. The van der Waals surface area contributed by atoms with Crippen molar-refractivity contribution >= 4 is 11.9 Å². The van der Waals surface area contributed by atoms with Gasteiger partial charge in [0.05, 0.1) is 12.5 Å². The lowest BCUT2D eigenvalue weighted by atomic mass is 9.94. The molecule has 0 bridgehead atoms. The maximum atomic E-state index is 12.7. The Labute approximate surface area is 129 Å². The molecule has 1 aliphatic carbocycles. The molecule has 1 aromatic rings. The molecule has 0 spiro atoms.